The van der Waals surface area contributed by atoms with Crippen LogP contribution in [0.5, 0.6) is 11.5 Å². The Morgan fingerprint density at radius 2 is 1.89 bits per heavy atom. The molecule has 28 heavy (non-hydrogen) atoms. The van der Waals surface area contributed by atoms with Gasteiger partial charge in [-0.1, -0.05) is 30.4 Å². The molecule has 0 saturated heterocycles. The Morgan fingerprint density at radius 1 is 1.11 bits per heavy atom. The van der Waals surface area contributed by atoms with E-state index in [2.05, 4.69) is 5.32 Å². The van der Waals surface area contributed by atoms with E-state index in [1.165, 1.54) is 18.9 Å². The van der Waals surface area contributed by atoms with Crippen molar-refractivity contribution in [3.63, 3.8) is 0 Å². The minimum Gasteiger partial charge on any atom is -0.493 e. The molecule has 2 rings (SSSR count). The van der Waals surface area contributed by atoms with Crippen molar-refractivity contribution in [1.29, 1.82) is 0 Å². The maximum Gasteiger partial charge on any atom is 0.344 e. The molecule has 0 aliphatic rings. The average molecular weight is 401 g/mol. The molecule has 0 heterocycles. The Bertz CT molecular complexity index is 850. The molecule has 0 aromatic heterocycles. The fraction of sp³-hybridized carbons (Fsp3) is 0.238. The van der Waals surface area contributed by atoms with Crippen molar-refractivity contribution >= 4 is 35.4 Å². The van der Waals surface area contributed by atoms with Crippen LogP contribution in [0.25, 0.3) is 6.08 Å². The second-order valence-electron chi connectivity index (χ2n) is 5.61. The summed E-state index contributed by atoms with van der Waals surface area (Å²) in [7, 11) is 1.52. The predicted octanol–water partition coefficient (Wildman–Crippen LogP) is 4.01. The Balaban J connectivity index is 1.83. The normalized spacial score (nSPS) is 10.5. The summed E-state index contributed by atoms with van der Waals surface area (Å²) < 4.78 is 15.7. The second kappa shape index (κ2) is 11.0. The summed E-state index contributed by atoms with van der Waals surface area (Å²) in [6, 6.07) is 12.8. The van der Waals surface area contributed by atoms with Gasteiger partial charge < -0.3 is 19.5 Å². The van der Waals surface area contributed by atoms with Gasteiger partial charge in [0.15, 0.2) is 24.7 Å². The zero-order valence-electron chi connectivity index (χ0n) is 16.1. The number of thioether (sulfide) groups is 1. The van der Waals surface area contributed by atoms with Gasteiger partial charge in [0.2, 0.25) is 0 Å². The molecule has 0 saturated carbocycles. The SMILES string of the molecule is C/C=C/c1ccc(OCC(=O)OCC(=O)Nc2ccccc2SC)c(OC)c1. The van der Waals surface area contributed by atoms with Crippen molar-refractivity contribution in [3.05, 3.63) is 54.1 Å². The van der Waals surface area contributed by atoms with Crippen LogP contribution in [-0.4, -0.2) is 38.5 Å². The lowest BCUT2D eigenvalue weighted by Crippen LogP contribution is -2.24. The first-order chi connectivity index (χ1) is 13.6. The van der Waals surface area contributed by atoms with Gasteiger partial charge in [-0.05, 0) is 43.0 Å². The first kappa shape index (κ1) is 21.4. The highest BCUT2D eigenvalue weighted by Gasteiger charge is 2.12. The lowest BCUT2D eigenvalue weighted by Gasteiger charge is -2.12. The molecule has 1 N–H and O–H groups in total. The number of rotatable bonds is 9. The van der Waals surface area contributed by atoms with Crippen LogP contribution in [-0.2, 0) is 14.3 Å². The molecule has 0 atom stereocenters. The summed E-state index contributed by atoms with van der Waals surface area (Å²) in [5.41, 5.74) is 1.63. The summed E-state index contributed by atoms with van der Waals surface area (Å²) >= 11 is 1.52. The molecule has 0 unspecified atom stereocenters. The molecule has 1 amide bonds. The molecular formula is C21H23NO5S. The number of ether oxygens (including phenoxy) is 3. The molecule has 0 radical (unpaired) electrons. The fourth-order valence-electron chi connectivity index (χ4n) is 2.36. The lowest BCUT2D eigenvalue weighted by atomic mass is 10.2. The molecular weight excluding hydrogens is 378 g/mol. The van der Waals surface area contributed by atoms with Crippen LogP contribution in [0.3, 0.4) is 0 Å². The Hall–Kier alpha value is -2.93. The molecule has 0 spiro atoms. The highest BCUT2D eigenvalue weighted by atomic mass is 32.2. The average Bonchev–Trinajstić information content (AvgIpc) is 2.71. The van der Waals surface area contributed by atoms with Gasteiger partial charge >= 0.3 is 5.97 Å². The number of hydrogen-bond acceptors (Lipinski definition) is 6. The first-order valence-corrected chi connectivity index (χ1v) is 9.82. The van der Waals surface area contributed by atoms with Crippen LogP contribution < -0.4 is 14.8 Å². The van der Waals surface area contributed by atoms with Crippen LogP contribution in [0.1, 0.15) is 12.5 Å². The standard InChI is InChI=1S/C21H23NO5S/c1-4-7-15-10-11-17(18(12-15)25-2)26-14-21(24)27-13-20(23)22-16-8-5-6-9-19(16)28-3/h4-12H,13-14H2,1-3H3,(H,22,23)/b7-4+. The zero-order valence-corrected chi connectivity index (χ0v) is 16.9. The number of esters is 1. The van der Waals surface area contributed by atoms with E-state index in [9.17, 15) is 9.59 Å². The lowest BCUT2D eigenvalue weighted by molar-refractivity contribution is -0.149. The number of allylic oxidation sites excluding steroid dienone is 1. The quantitative estimate of drug-likeness (QED) is 0.506. The number of hydrogen-bond donors (Lipinski definition) is 1. The van der Waals surface area contributed by atoms with Crippen molar-refractivity contribution in [3.8, 4) is 11.5 Å². The van der Waals surface area contributed by atoms with Crippen molar-refractivity contribution in [2.24, 2.45) is 0 Å². The molecule has 0 aliphatic carbocycles. The topological polar surface area (TPSA) is 73.9 Å². The van der Waals surface area contributed by atoms with E-state index in [0.29, 0.717) is 17.2 Å². The molecule has 7 heteroatoms. The highest BCUT2D eigenvalue weighted by Crippen LogP contribution is 2.28. The number of amides is 1. The van der Waals surface area contributed by atoms with E-state index in [1.807, 2.05) is 49.6 Å². The molecule has 0 aliphatic heterocycles. The zero-order chi connectivity index (χ0) is 20.4. The third kappa shape index (κ3) is 6.35. The van der Waals surface area contributed by atoms with Gasteiger partial charge in [0, 0.05) is 4.90 Å². The van der Waals surface area contributed by atoms with E-state index in [0.717, 1.165) is 10.5 Å². The number of anilines is 1. The van der Waals surface area contributed by atoms with Crippen molar-refractivity contribution in [2.75, 3.05) is 31.9 Å². The fourth-order valence-corrected chi connectivity index (χ4v) is 2.91. The van der Waals surface area contributed by atoms with Gasteiger partial charge in [0.25, 0.3) is 5.91 Å². The first-order valence-electron chi connectivity index (χ1n) is 8.59. The molecule has 2 aromatic carbocycles. The Morgan fingerprint density at radius 3 is 2.61 bits per heavy atom. The number of benzene rings is 2. The van der Waals surface area contributed by atoms with E-state index in [1.54, 1.807) is 18.2 Å². The predicted molar refractivity (Wildman–Crippen MR) is 111 cm³/mol. The molecule has 6 nitrogen and oxygen atoms in total. The number of para-hydroxylation sites is 1. The third-order valence-electron chi connectivity index (χ3n) is 3.64. The van der Waals surface area contributed by atoms with E-state index >= 15 is 0 Å². The van der Waals surface area contributed by atoms with Gasteiger partial charge in [0.05, 0.1) is 12.8 Å². The van der Waals surface area contributed by atoms with Gasteiger partial charge in [-0.15, -0.1) is 11.8 Å². The summed E-state index contributed by atoms with van der Waals surface area (Å²) in [4.78, 5) is 24.8. The van der Waals surface area contributed by atoms with Crippen LogP contribution in [0, 0.1) is 0 Å². The molecule has 0 fully saturated rings. The minimum atomic E-state index is -0.645. The van der Waals surface area contributed by atoms with Crippen LogP contribution >= 0.6 is 11.8 Å². The summed E-state index contributed by atoms with van der Waals surface area (Å²) in [5, 5.41) is 2.72. The van der Waals surface area contributed by atoms with Gasteiger partial charge in [-0.2, -0.15) is 0 Å². The van der Waals surface area contributed by atoms with Gasteiger partial charge in [0.1, 0.15) is 0 Å². The maximum absolute atomic E-state index is 12.0. The van der Waals surface area contributed by atoms with Crippen LogP contribution in [0.15, 0.2) is 53.4 Å². The number of methoxy groups -OCH3 is 1. The van der Waals surface area contributed by atoms with Crippen molar-refractivity contribution < 1.29 is 23.8 Å². The van der Waals surface area contributed by atoms with Crippen LogP contribution in [0.2, 0.25) is 0 Å². The Kier molecular flexibility index (Phi) is 8.42. The van der Waals surface area contributed by atoms with Gasteiger partial charge in [-0.3, -0.25) is 4.79 Å². The van der Waals surface area contributed by atoms with E-state index in [4.69, 9.17) is 14.2 Å². The number of nitrogens with one attached hydrogen (secondary N) is 1. The maximum atomic E-state index is 12.0. The molecule has 148 valence electrons. The van der Waals surface area contributed by atoms with E-state index < -0.39 is 11.9 Å². The monoisotopic (exact) mass is 401 g/mol. The number of carbonyl (C=O) groups is 2. The molecule has 2 aromatic rings. The van der Waals surface area contributed by atoms with Crippen molar-refractivity contribution in [1.82, 2.24) is 0 Å². The smallest absolute Gasteiger partial charge is 0.344 e. The number of carbonyl (C=O) groups excluding carboxylic acids is 2. The summed E-state index contributed by atoms with van der Waals surface area (Å²) in [6.07, 6.45) is 5.76. The summed E-state index contributed by atoms with van der Waals surface area (Å²) in [6.45, 7) is 1.21. The largest absolute Gasteiger partial charge is 0.493 e. The van der Waals surface area contributed by atoms with Gasteiger partial charge in [-0.25, -0.2) is 4.79 Å². The minimum absolute atomic E-state index is 0.325. The second-order valence-corrected chi connectivity index (χ2v) is 6.46. The third-order valence-corrected chi connectivity index (χ3v) is 4.43. The Labute approximate surface area is 168 Å². The van der Waals surface area contributed by atoms with Crippen molar-refractivity contribution in [2.45, 2.75) is 11.8 Å². The summed E-state index contributed by atoms with van der Waals surface area (Å²) in [5.74, 6) is -0.128. The van der Waals surface area contributed by atoms with Crippen LogP contribution in [0.4, 0.5) is 5.69 Å². The van der Waals surface area contributed by atoms with E-state index in [-0.39, 0.29) is 13.2 Å². The highest BCUT2D eigenvalue weighted by molar-refractivity contribution is 7.98. The molecule has 0 bridgehead atoms.